The van der Waals surface area contributed by atoms with Crippen molar-refractivity contribution in [3.63, 3.8) is 0 Å². The van der Waals surface area contributed by atoms with Crippen molar-refractivity contribution in [3.8, 4) is 5.75 Å². The molecule has 6 heteroatoms. The molecule has 0 heterocycles. The summed E-state index contributed by atoms with van der Waals surface area (Å²) in [5.41, 5.74) is 1.71. The van der Waals surface area contributed by atoms with E-state index in [1.807, 2.05) is 0 Å². The maximum Gasteiger partial charge on any atom is 0.338 e. The summed E-state index contributed by atoms with van der Waals surface area (Å²) < 4.78 is 23.5. The van der Waals surface area contributed by atoms with Crippen molar-refractivity contribution in [1.29, 1.82) is 0 Å². The standard InChI is InChI=1S/C18H18FNO4/c1-4-24-18(22)13-6-5-11(2)15(10-13)20-17(21)12-7-8-16(23-3)14(19)9-12/h5-10H,4H2,1-3H3,(H,20,21). The molecule has 0 unspecified atom stereocenters. The summed E-state index contributed by atoms with van der Waals surface area (Å²) in [6.07, 6.45) is 0. The van der Waals surface area contributed by atoms with Gasteiger partial charge in [0.25, 0.3) is 5.91 Å². The van der Waals surface area contributed by atoms with Gasteiger partial charge in [-0.1, -0.05) is 6.07 Å². The monoisotopic (exact) mass is 331 g/mol. The molecule has 0 aliphatic rings. The molecular formula is C18H18FNO4. The highest BCUT2D eigenvalue weighted by Gasteiger charge is 2.14. The molecule has 0 atom stereocenters. The van der Waals surface area contributed by atoms with E-state index in [1.165, 1.54) is 25.3 Å². The smallest absolute Gasteiger partial charge is 0.338 e. The fraction of sp³-hybridized carbons (Fsp3) is 0.222. The Labute approximate surface area is 139 Å². The van der Waals surface area contributed by atoms with Crippen molar-refractivity contribution in [2.75, 3.05) is 19.0 Å². The lowest BCUT2D eigenvalue weighted by Crippen LogP contribution is -2.14. The molecule has 0 fully saturated rings. The second kappa shape index (κ2) is 7.59. The lowest BCUT2D eigenvalue weighted by Gasteiger charge is -2.11. The minimum absolute atomic E-state index is 0.0621. The van der Waals surface area contributed by atoms with Gasteiger partial charge >= 0.3 is 5.97 Å². The number of methoxy groups -OCH3 is 1. The molecule has 0 aromatic heterocycles. The van der Waals surface area contributed by atoms with Crippen LogP contribution in [0.15, 0.2) is 36.4 Å². The summed E-state index contributed by atoms with van der Waals surface area (Å²) >= 11 is 0. The Kier molecular flexibility index (Phi) is 5.52. The third-order valence-electron chi connectivity index (χ3n) is 3.41. The highest BCUT2D eigenvalue weighted by Crippen LogP contribution is 2.21. The molecule has 0 aliphatic carbocycles. The van der Waals surface area contributed by atoms with Crippen molar-refractivity contribution in [2.24, 2.45) is 0 Å². The van der Waals surface area contributed by atoms with Crippen LogP contribution in [-0.2, 0) is 4.74 Å². The topological polar surface area (TPSA) is 64.6 Å². The maximum absolute atomic E-state index is 13.7. The predicted octanol–water partition coefficient (Wildman–Crippen LogP) is 3.57. The molecule has 0 bridgehead atoms. The van der Waals surface area contributed by atoms with Crippen LogP contribution in [0.3, 0.4) is 0 Å². The summed E-state index contributed by atoms with van der Waals surface area (Å²) in [5.74, 6) is -1.52. The van der Waals surface area contributed by atoms with E-state index in [0.717, 1.165) is 11.6 Å². The normalized spacial score (nSPS) is 10.2. The van der Waals surface area contributed by atoms with E-state index in [2.05, 4.69) is 5.32 Å². The maximum atomic E-state index is 13.7. The van der Waals surface area contributed by atoms with Crippen LogP contribution < -0.4 is 10.1 Å². The minimum Gasteiger partial charge on any atom is -0.494 e. The fourth-order valence-corrected chi connectivity index (χ4v) is 2.10. The zero-order chi connectivity index (χ0) is 17.7. The first kappa shape index (κ1) is 17.5. The number of amides is 1. The van der Waals surface area contributed by atoms with Gasteiger partial charge in [0.05, 0.1) is 19.3 Å². The molecular weight excluding hydrogens is 313 g/mol. The molecule has 24 heavy (non-hydrogen) atoms. The van der Waals surface area contributed by atoms with E-state index in [9.17, 15) is 14.0 Å². The first-order valence-electron chi connectivity index (χ1n) is 7.39. The van der Waals surface area contributed by atoms with Gasteiger partial charge in [0.15, 0.2) is 11.6 Å². The highest BCUT2D eigenvalue weighted by molar-refractivity contribution is 6.05. The zero-order valence-corrected chi connectivity index (χ0v) is 13.7. The van der Waals surface area contributed by atoms with Crippen molar-refractivity contribution < 1.29 is 23.5 Å². The summed E-state index contributed by atoms with van der Waals surface area (Å²) in [6, 6.07) is 8.80. The Morgan fingerprint density at radius 3 is 2.46 bits per heavy atom. The van der Waals surface area contributed by atoms with Crippen LogP contribution in [0.1, 0.15) is 33.2 Å². The Morgan fingerprint density at radius 1 is 1.12 bits per heavy atom. The predicted molar refractivity (Wildman–Crippen MR) is 88.0 cm³/mol. The third kappa shape index (κ3) is 3.90. The van der Waals surface area contributed by atoms with Crippen LogP contribution in [0.4, 0.5) is 10.1 Å². The van der Waals surface area contributed by atoms with Gasteiger partial charge < -0.3 is 14.8 Å². The van der Waals surface area contributed by atoms with Crippen molar-refractivity contribution in [3.05, 3.63) is 58.9 Å². The zero-order valence-electron chi connectivity index (χ0n) is 13.7. The largest absolute Gasteiger partial charge is 0.494 e. The van der Waals surface area contributed by atoms with Gasteiger partial charge in [-0.25, -0.2) is 9.18 Å². The molecule has 0 aliphatic heterocycles. The van der Waals surface area contributed by atoms with E-state index >= 15 is 0 Å². The molecule has 1 amide bonds. The molecule has 0 saturated carbocycles. The molecule has 2 rings (SSSR count). The second-order valence-corrected chi connectivity index (χ2v) is 5.05. The lowest BCUT2D eigenvalue weighted by molar-refractivity contribution is 0.0526. The number of ether oxygens (including phenoxy) is 2. The molecule has 0 radical (unpaired) electrons. The molecule has 1 N–H and O–H groups in total. The van der Waals surface area contributed by atoms with E-state index in [4.69, 9.17) is 9.47 Å². The van der Waals surface area contributed by atoms with Gasteiger partial charge in [-0.2, -0.15) is 0 Å². The first-order valence-corrected chi connectivity index (χ1v) is 7.39. The Bertz CT molecular complexity index is 774. The van der Waals surface area contributed by atoms with E-state index < -0.39 is 17.7 Å². The minimum atomic E-state index is -0.623. The molecule has 0 saturated heterocycles. The van der Waals surface area contributed by atoms with Crippen LogP contribution in [0.5, 0.6) is 5.75 Å². The van der Waals surface area contributed by atoms with E-state index in [0.29, 0.717) is 11.3 Å². The molecule has 2 aromatic rings. The van der Waals surface area contributed by atoms with Crippen molar-refractivity contribution >= 4 is 17.6 Å². The Balaban J connectivity index is 2.23. The number of carbonyl (C=O) groups is 2. The summed E-state index contributed by atoms with van der Waals surface area (Å²) in [4.78, 5) is 24.1. The fourth-order valence-electron chi connectivity index (χ4n) is 2.10. The van der Waals surface area contributed by atoms with Crippen molar-refractivity contribution in [2.45, 2.75) is 13.8 Å². The summed E-state index contributed by atoms with van der Waals surface area (Å²) in [5, 5.41) is 2.67. The second-order valence-electron chi connectivity index (χ2n) is 5.05. The Hall–Kier alpha value is -2.89. The number of esters is 1. The van der Waals surface area contributed by atoms with Gasteiger partial charge in [0.2, 0.25) is 0 Å². The summed E-state index contributed by atoms with van der Waals surface area (Å²) in [7, 11) is 1.35. The average Bonchev–Trinajstić information content (AvgIpc) is 2.56. The van der Waals surface area contributed by atoms with Crippen LogP contribution in [0.25, 0.3) is 0 Å². The molecule has 126 valence electrons. The number of anilines is 1. The van der Waals surface area contributed by atoms with Crippen LogP contribution in [0, 0.1) is 12.7 Å². The molecule has 5 nitrogen and oxygen atoms in total. The number of hydrogen-bond acceptors (Lipinski definition) is 4. The van der Waals surface area contributed by atoms with Crippen LogP contribution >= 0.6 is 0 Å². The van der Waals surface area contributed by atoms with Crippen LogP contribution in [-0.4, -0.2) is 25.6 Å². The van der Waals surface area contributed by atoms with Gasteiger partial charge in [-0.15, -0.1) is 0 Å². The van der Waals surface area contributed by atoms with Gasteiger partial charge in [-0.05, 0) is 49.7 Å². The van der Waals surface area contributed by atoms with Gasteiger partial charge in [0.1, 0.15) is 0 Å². The number of halogens is 1. The Morgan fingerprint density at radius 2 is 1.83 bits per heavy atom. The number of nitrogens with one attached hydrogen (secondary N) is 1. The van der Waals surface area contributed by atoms with Gasteiger partial charge in [-0.3, -0.25) is 4.79 Å². The average molecular weight is 331 g/mol. The highest BCUT2D eigenvalue weighted by atomic mass is 19.1. The van der Waals surface area contributed by atoms with Gasteiger partial charge in [0, 0.05) is 11.3 Å². The molecule has 2 aromatic carbocycles. The van der Waals surface area contributed by atoms with E-state index in [1.54, 1.807) is 26.0 Å². The first-order chi connectivity index (χ1) is 11.5. The summed E-state index contributed by atoms with van der Waals surface area (Å²) in [6.45, 7) is 3.77. The number of aryl methyl sites for hydroxylation is 1. The number of hydrogen-bond donors (Lipinski definition) is 1. The number of carbonyl (C=O) groups excluding carboxylic acids is 2. The van der Waals surface area contributed by atoms with Crippen molar-refractivity contribution in [1.82, 2.24) is 0 Å². The lowest BCUT2D eigenvalue weighted by atomic mass is 10.1. The number of benzene rings is 2. The SMILES string of the molecule is CCOC(=O)c1ccc(C)c(NC(=O)c2ccc(OC)c(F)c2)c1. The van der Waals surface area contributed by atoms with Crippen LogP contribution in [0.2, 0.25) is 0 Å². The number of rotatable bonds is 5. The quantitative estimate of drug-likeness (QED) is 0.851. The molecule has 0 spiro atoms. The third-order valence-corrected chi connectivity index (χ3v) is 3.41. The van der Waals surface area contributed by atoms with E-state index in [-0.39, 0.29) is 17.9 Å².